The molecule has 1 aromatic carbocycles. The van der Waals surface area contributed by atoms with Crippen molar-refractivity contribution in [1.29, 1.82) is 0 Å². The Bertz CT molecular complexity index is 438. The Morgan fingerprint density at radius 3 is 2.62 bits per heavy atom. The van der Waals surface area contributed by atoms with Crippen LogP contribution >= 0.6 is 0 Å². The molecule has 1 aromatic heterocycles. The average molecular weight is 173 g/mol. The van der Waals surface area contributed by atoms with Crippen molar-refractivity contribution in [2.45, 2.75) is 27.2 Å². The SMILES string of the molecule is CCc1c(C)ccc2[nH]cc(C)c12. The van der Waals surface area contributed by atoms with Crippen LogP contribution in [0.1, 0.15) is 23.6 Å². The van der Waals surface area contributed by atoms with Crippen LogP contribution in [0.25, 0.3) is 10.9 Å². The molecule has 0 saturated heterocycles. The molecule has 1 N–H and O–H groups in total. The van der Waals surface area contributed by atoms with Gasteiger partial charge in [-0.1, -0.05) is 13.0 Å². The number of H-pyrrole nitrogens is 1. The van der Waals surface area contributed by atoms with Gasteiger partial charge in [-0.05, 0) is 43.0 Å². The fourth-order valence-electron chi connectivity index (χ4n) is 2.04. The fraction of sp³-hybridized carbons (Fsp3) is 0.333. The van der Waals surface area contributed by atoms with Crippen molar-refractivity contribution in [3.8, 4) is 0 Å². The van der Waals surface area contributed by atoms with E-state index in [1.165, 1.54) is 27.6 Å². The number of aromatic amines is 1. The molecular formula is C12H15N. The van der Waals surface area contributed by atoms with Gasteiger partial charge in [0, 0.05) is 17.1 Å². The first kappa shape index (κ1) is 8.36. The lowest BCUT2D eigenvalue weighted by atomic mass is 10.00. The van der Waals surface area contributed by atoms with Gasteiger partial charge >= 0.3 is 0 Å². The second kappa shape index (κ2) is 2.91. The summed E-state index contributed by atoms with van der Waals surface area (Å²) in [4.78, 5) is 3.29. The molecule has 0 fully saturated rings. The summed E-state index contributed by atoms with van der Waals surface area (Å²) in [6, 6.07) is 4.36. The normalized spacial score (nSPS) is 11.0. The third-order valence-corrected chi connectivity index (χ3v) is 2.74. The quantitative estimate of drug-likeness (QED) is 0.680. The van der Waals surface area contributed by atoms with Gasteiger partial charge in [0.1, 0.15) is 0 Å². The number of rotatable bonds is 1. The number of benzene rings is 1. The van der Waals surface area contributed by atoms with Gasteiger partial charge in [-0.25, -0.2) is 0 Å². The summed E-state index contributed by atoms with van der Waals surface area (Å²) in [7, 11) is 0. The van der Waals surface area contributed by atoms with E-state index in [0.29, 0.717) is 0 Å². The van der Waals surface area contributed by atoms with E-state index in [4.69, 9.17) is 0 Å². The Kier molecular flexibility index (Phi) is 1.87. The molecule has 1 nitrogen and oxygen atoms in total. The van der Waals surface area contributed by atoms with Gasteiger partial charge in [-0.3, -0.25) is 0 Å². The first-order chi connectivity index (χ1) is 6.24. The Morgan fingerprint density at radius 2 is 1.92 bits per heavy atom. The van der Waals surface area contributed by atoms with Crippen LogP contribution in [0.5, 0.6) is 0 Å². The number of aromatic nitrogens is 1. The summed E-state index contributed by atoms with van der Waals surface area (Å²) < 4.78 is 0. The minimum absolute atomic E-state index is 1.11. The third-order valence-electron chi connectivity index (χ3n) is 2.74. The molecule has 0 radical (unpaired) electrons. The lowest BCUT2D eigenvalue weighted by molar-refractivity contribution is 1.13. The molecule has 0 aliphatic carbocycles. The van der Waals surface area contributed by atoms with Crippen LogP contribution in [0.4, 0.5) is 0 Å². The number of aryl methyl sites for hydroxylation is 3. The lowest BCUT2D eigenvalue weighted by Crippen LogP contribution is -1.87. The Hall–Kier alpha value is -1.24. The zero-order valence-corrected chi connectivity index (χ0v) is 8.44. The van der Waals surface area contributed by atoms with Gasteiger partial charge in [-0.15, -0.1) is 0 Å². The van der Waals surface area contributed by atoms with E-state index < -0.39 is 0 Å². The summed E-state index contributed by atoms with van der Waals surface area (Å²) in [5.41, 5.74) is 5.50. The Balaban J connectivity index is 2.88. The van der Waals surface area contributed by atoms with Gasteiger partial charge in [0.15, 0.2) is 0 Å². The number of hydrogen-bond donors (Lipinski definition) is 1. The van der Waals surface area contributed by atoms with Crippen LogP contribution in [-0.2, 0) is 6.42 Å². The molecule has 2 rings (SSSR count). The molecule has 0 bridgehead atoms. The highest BCUT2D eigenvalue weighted by molar-refractivity contribution is 5.87. The predicted octanol–water partition coefficient (Wildman–Crippen LogP) is 3.35. The van der Waals surface area contributed by atoms with E-state index in [1.54, 1.807) is 0 Å². The largest absolute Gasteiger partial charge is 0.361 e. The van der Waals surface area contributed by atoms with Crippen molar-refractivity contribution in [2.24, 2.45) is 0 Å². The number of nitrogens with one attached hydrogen (secondary N) is 1. The lowest BCUT2D eigenvalue weighted by Gasteiger charge is -2.05. The molecule has 0 unspecified atom stereocenters. The van der Waals surface area contributed by atoms with Gasteiger partial charge in [0.05, 0.1) is 0 Å². The molecule has 0 aliphatic rings. The molecule has 0 amide bonds. The molecule has 1 heteroatoms. The minimum Gasteiger partial charge on any atom is -0.361 e. The first-order valence-electron chi connectivity index (χ1n) is 4.80. The standard InChI is InChI=1S/C12H15N/c1-4-10-8(2)5-6-11-12(10)9(3)7-13-11/h5-7,13H,4H2,1-3H3. The Labute approximate surface area is 78.8 Å². The number of hydrogen-bond acceptors (Lipinski definition) is 0. The molecule has 13 heavy (non-hydrogen) atoms. The molecule has 0 spiro atoms. The van der Waals surface area contributed by atoms with E-state index in [-0.39, 0.29) is 0 Å². The zero-order valence-electron chi connectivity index (χ0n) is 8.44. The van der Waals surface area contributed by atoms with Crippen molar-refractivity contribution in [3.63, 3.8) is 0 Å². The van der Waals surface area contributed by atoms with E-state index in [1.807, 2.05) is 0 Å². The van der Waals surface area contributed by atoms with Crippen LogP contribution < -0.4 is 0 Å². The first-order valence-corrected chi connectivity index (χ1v) is 4.80. The highest BCUT2D eigenvalue weighted by atomic mass is 14.7. The third kappa shape index (κ3) is 1.15. The highest BCUT2D eigenvalue weighted by Crippen LogP contribution is 2.25. The van der Waals surface area contributed by atoms with Gasteiger partial charge in [0.25, 0.3) is 0 Å². The van der Waals surface area contributed by atoms with Gasteiger partial charge in [-0.2, -0.15) is 0 Å². The minimum atomic E-state index is 1.11. The summed E-state index contributed by atoms with van der Waals surface area (Å²) in [6.07, 6.45) is 3.20. The van der Waals surface area contributed by atoms with Crippen molar-refractivity contribution >= 4 is 10.9 Å². The molecule has 0 aliphatic heterocycles. The molecule has 0 atom stereocenters. The van der Waals surface area contributed by atoms with Crippen LogP contribution in [0, 0.1) is 13.8 Å². The van der Waals surface area contributed by atoms with Crippen LogP contribution in [0.3, 0.4) is 0 Å². The van der Waals surface area contributed by atoms with Crippen LogP contribution in [-0.4, -0.2) is 4.98 Å². The van der Waals surface area contributed by atoms with E-state index >= 15 is 0 Å². The van der Waals surface area contributed by atoms with Crippen molar-refractivity contribution in [1.82, 2.24) is 4.98 Å². The van der Waals surface area contributed by atoms with Crippen molar-refractivity contribution < 1.29 is 0 Å². The topological polar surface area (TPSA) is 15.8 Å². The maximum atomic E-state index is 3.29. The average Bonchev–Trinajstić information content (AvgIpc) is 2.49. The Morgan fingerprint density at radius 1 is 1.15 bits per heavy atom. The maximum Gasteiger partial charge on any atom is 0.0459 e. The van der Waals surface area contributed by atoms with Crippen molar-refractivity contribution in [2.75, 3.05) is 0 Å². The molecule has 2 aromatic rings. The summed E-state index contributed by atoms with van der Waals surface area (Å²) >= 11 is 0. The number of fused-ring (bicyclic) bond motifs is 1. The molecule has 68 valence electrons. The fourth-order valence-corrected chi connectivity index (χ4v) is 2.04. The second-order valence-corrected chi connectivity index (χ2v) is 3.61. The molecule has 1 heterocycles. The highest BCUT2D eigenvalue weighted by Gasteiger charge is 2.06. The predicted molar refractivity (Wildman–Crippen MR) is 57.2 cm³/mol. The summed E-state index contributed by atoms with van der Waals surface area (Å²) in [5.74, 6) is 0. The van der Waals surface area contributed by atoms with Gasteiger partial charge < -0.3 is 4.98 Å². The van der Waals surface area contributed by atoms with Crippen LogP contribution in [0.15, 0.2) is 18.3 Å². The summed E-state index contributed by atoms with van der Waals surface area (Å²) in [6.45, 7) is 6.57. The maximum absolute atomic E-state index is 3.29. The zero-order chi connectivity index (χ0) is 9.42. The van der Waals surface area contributed by atoms with E-state index in [9.17, 15) is 0 Å². The summed E-state index contributed by atoms with van der Waals surface area (Å²) in [5, 5.41) is 1.42. The van der Waals surface area contributed by atoms with Gasteiger partial charge in [0.2, 0.25) is 0 Å². The molecular weight excluding hydrogens is 158 g/mol. The monoisotopic (exact) mass is 173 g/mol. The van der Waals surface area contributed by atoms with E-state index in [0.717, 1.165) is 6.42 Å². The van der Waals surface area contributed by atoms with Crippen molar-refractivity contribution in [3.05, 3.63) is 35.0 Å². The molecule has 0 saturated carbocycles. The smallest absolute Gasteiger partial charge is 0.0459 e. The second-order valence-electron chi connectivity index (χ2n) is 3.61. The van der Waals surface area contributed by atoms with Crippen LogP contribution in [0.2, 0.25) is 0 Å². The van der Waals surface area contributed by atoms with E-state index in [2.05, 4.69) is 44.1 Å².